The predicted octanol–water partition coefficient (Wildman–Crippen LogP) is 9.94. The Labute approximate surface area is 264 Å². The minimum Gasteiger partial charge on any atom is -0.322 e. The van der Waals surface area contributed by atoms with Crippen LogP contribution in [0.25, 0.3) is 24.3 Å². The third kappa shape index (κ3) is 7.01. The molecule has 1 radical (unpaired) electrons. The van der Waals surface area contributed by atoms with Gasteiger partial charge >= 0.3 is 7.55 Å². The molecule has 1 aromatic heterocycles. The second kappa shape index (κ2) is 14.1. The highest BCUT2D eigenvalue weighted by molar-refractivity contribution is 6.29. The molecule has 0 fully saturated rings. The quantitative estimate of drug-likeness (QED) is 0.161. The summed E-state index contributed by atoms with van der Waals surface area (Å²) in [5.74, 6) is 0. The van der Waals surface area contributed by atoms with Crippen molar-refractivity contribution in [2.24, 2.45) is 0 Å². The highest BCUT2D eigenvalue weighted by Crippen LogP contribution is 2.34. The summed E-state index contributed by atoms with van der Waals surface area (Å²) in [6.45, 7) is 13.1. The molecule has 3 aromatic carbocycles. The number of allylic oxidation sites excluding steroid dienone is 7. The number of hydrogen-bond acceptors (Lipinski definition) is 0. The molecule has 0 N–H and O–H groups in total. The molecule has 2 aliphatic heterocycles. The third-order valence-electron chi connectivity index (χ3n) is 8.20. The van der Waals surface area contributed by atoms with E-state index in [2.05, 4.69) is 186 Å². The van der Waals surface area contributed by atoms with Crippen molar-refractivity contribution in [3.8, 4) is 0 Å². The molecule has 0 amide bonds. The fraction of sp³-hybridized carbons (Fsp3) is 0.146. The highest BCUT2D eigenvalue weighted by atomic mass is 15.1. The Hall–Kier alpha value is -4.89. The second-order valence-corrected chi connectivity index (χ2v) is 11.4. The lowest BCUT2D eigenvalue weighted by molar-refractivity contribution is -0.314. The molecular weight excluding hydrogens is 531 g/mol. The van der Waals surface area contributed by atoms with Crippen molar-refractivity contribution >= 4 is 37.6 Å². The van der Waals surface area contributed by atoms with Crippen molar-refractivity contribution in [3.63, 3.8) is 0 Å². The summed E-state index contributed by atoms with van der Waals surface area (Å²) in [4.78, 5) is 0. The summed E-state index contributed by atoms with van der Waals surface area (Å²) in [5, 5.41) is 0. The average Bonchev–Trinajstić information content (AvgIpc) is 3.41. The van der Waals surface area contributed by atoms with E-state index in [1.54, 1.807) is 0 Å². The lowest BCUT2D eigenvalue weighted by atomic mass is 10.00. The van der Waals surface area contributed by atoms with Crippen LogP contribution in [0.5, 0.6) is 0 Å². The first kappa shape index (κ1) is 30.6. The summed E-state index contributed by atoms with van der Waals surface area (Å²) < 4.78 is 4.64. The molecule has 6 rings (SSSR count). The van der Waals surface area contributed by atoms with Gasteiger partial charge in [-0.15, -0.1) is 0 Å². The van der Waals surface area contributed by atoms with E-state index >= 15 is 0 Å². The Morgan fingerprint density at radius 2 is 1.16 bits per heavy atom. The van der Waals surface area contributed by atoms with E-state index in [0.29, 0.717) is 0 Å². The Morgan fingerprint density at radius 3 is 1.70 bits per heavy atom. The predicted molar refractivity (Wildman–Crippen MR) is 192 cm³/mol. The zero-order valence-electron chi connectivity index (χ0n) is 26.8. The second-order valence-electron chi connectivity index (χ2n) is 11.4. The zero-order chi connectivity index (χ0) is 31.1. The summed E-state index contributed by atoms with van der Waals surface area (Å²) in [6.07, 6.45) is 19.5. The molecule has 4 aromatic rings. The standard InChI is InChI=1S/C33H31BN2.C8H10/c1-24-30(21-13-11-19-28-15-7-5-8-16-28)26(3)35-32(24)23-33-25(2)31(27(4)36(33)34-35)22-14-12-20-29-17-9-6-10-18-29;1-7-4-3-5-8(2)6-7/h5-23H,1-4H3;3-6H,1-2H3/q+1;/b19-11+,20-12+,21-13+,22-14+;. The SMILES string of the molecule is CC1=C(/C=C/C=C/c2ccccc2)C(C)=[N+]2[B]n3c(C)c(/C=C/C=C/c4ccccc4)c(C)c3C=C12.Cc1cccc(C)c1. The Kier molecular flexibility index (Phi) is 9.77. The Bertz CT molecular complexity index is 1840. The highest BCUT2D eigenvalue weighted by Gasteiger charge is 2.38. The van der Waals surface area contributed by atoms with E-state index in [0.717, 1.165) is 0 Å². The van der Waals surface area contributed by atoms with E-state index in [4.69, 9.17) is 0 Å². The van der Waals surface area contributed by atoms with Crippen LogP contribution in [0.1, 0.15) is 58.6 Å². The zero-order valence-corrected chi connectivity index (χ0v) is 26.8. The molecule has 3 heterocycles. The van der Waals surface area contributed by atoms with Crippen LogP contribution in [-0.2, 0) is 0 Å². The van der Waals surface area contributed by atoms with Gasteiger partial charge in [0.2, 0.25) is 0 Å². The molecule has 217 valence electrons. The van der Waals surface area contributed by atoms with Gasteiger partial charge in [0.25, 0.3) is 0 Å². The number of nitrogens with zero attached hydrogens (tertiary/aromatic N) is 2. The van der Waals surface area contributed by atoms with Gasteiger partial charge in [-0.05, 0) is 62.9 Å². The van der Waals surface area contributed by atoms with Gasteiger partial charge in [0.05, 0.1) is 0 Å². The molecule has 0 unspecified atom stereocenters. The van der Waals surface area contributed by atoms with Crippen molar-refractivity contribution in [2.75, 3.05) is 0 Å². The lowest BCUT2D eigenvalue weighted by Crippen LogP contribution is -2.30. The molecule has 0 saturated carbocycles. The van der Waals surface area contributed by atoms with Crippen molar-refractivity contribution in [3.05, 3.63) is 177 Å². The topological polar surface area (TPSA) is 7.94 Å². The number of aryl methyl sites for hydroxylation is 2. The van der Waals surface area contributed by atoms with Gasteiger partial charge in [-0.25, -0.2) is 0 Å². The van der Waals surface area contributed by atoms with Crippen LogP contribution in [0.4, 0.5) is 0 Å². The molecule has 0 atom stereocenters. The van der Waals surface area contributed by atoms with E-state index in [9.17, 15) is 0 Å². The minimum atomic E-state index is 1.21. The molecule has 0 spiro atoms. The maximum Gasteiger partial charge on any atom is 0.699 e. The van der Waals surface area contributed by atoms with E-state index in [1.807, 2.05) is 12.1 Å². The van der Waals surface area contributed by atoms with Crippen molar-refractivity contribution < 1.29 is 4.49 Å². The molecule has 0 aliphatic carbocycles. The normalized spacial score (nSPS) is 14.4. The summed E-state index contributed by atoms with van der Waals surface area (Å²) >= 11 is 0. The molecule has 0 bridgehead atoms. The number of fused-ring (bicyclic) bond motifs is 2. The monoisotopic (exact) mass is 572 g/mol. The van der Waals surface area contributed by atoms with Gasteiger partial charge < -0.3 is 4.48 Å². The third-order valence-corrected chi connectivity index (χ3v) is 8.20. The van der Waals surface area contributed by atoms with Crippen molar-refractivity contribution in [1.29, 1.82) is 0 Å². The molecule has 3 heteroatoms. The van der Waals surface area contributed by atoms with Gasteiger partial charge in [-0.2, -0.15) is 0 Å². The minimum absolute atomic E-state index is 1.21. The summed E-state index contributed by atoms with van der Waals surface area (Å²) in [6, 6.07) is 29.2. The van der Waals surface area contributed by atoms with Gasteiger partial charge in [-0.3, -0.25) is 4.49 Å². The van der Waals surface area contributed by atoms with E-state index in [-0.39, 0.29) is 0 Å². The van der Waals surface area contributed by atoms with Crippen molar-refractivity contribution in [1.82, 2.24) is 4.48 Å². The fourth-order valence-corrected chi connectivity index (χ4v) is 5.76. The van der Waals surface area contributed by atoms with Gasteiger partial charge in [-0.1, -0.05) is 139 Å². The van der Waals surface area contributed by atoms with Crippen LogP contribution in [-0.4, -0.2) is 22.2 Å². The first-order chi connectivity index (χ1) is 21.3. The molecule has 2 nitrogen and oxygen atoms in total. The van der Waals surface area contributed by atoms with E-state index in [1.165, 1.54) is 67.3 Å². The van der Waals surface area contributed by atoms with Crippen LogP contribution in [0.15, 0.2) is 132 Å². The van der Waals surface area contributed by atoms with Crippen LogP contribution >= 0.6 is 0 Å². The maximum atomic E-state index is 2.33. The van der Waals surface area contributed by atoms with Gasteiger partial charge in [0, 0.05) is 35.5 Å². The van der Waals surface area contributed by atoms with Crippen LogP contribution < -0.4 is 0 Å². The van der Waals surface area contributed by atoms with Crippen molar-refractivity contribution in [2.45, 2.75) is 41.5 Å². The van der Waals surface area contributed by atoms with E-state index < -0.39 is 0 Å². The maximum absolute atomic E-state index is 2.33. The average molecular weight is 573 g/mol. The largest absolute Gasteiger partial charge is 0.699 e. The molecule has 44 heavy (non-hydrogen) atoms. The summed E-state index contributed by atoms with van der Waals surface area (Å²) in [5.41, 5.74) is 15.3. The Morgan fingerprint density at radius 1 is 0.614 bits per heavy atom. The first-order valence-corrected chi connectivity index (χ1v) is 15.3. The fourth-order valence-electron chi connectivity index (χ4n) is 5.76. The number of benzene rings is 3. The number of aromatic nitrogens is 1. The van der Waals surface area contributed by atoms with Crippen LogP contribution in [0, 0.1) is 27.7 Å². The lowest BCUT2D eigenvalue weighted by Gasteiger charge is -2.12. The smallest absolute Gasteiger partial charge is 0.322 e. The van der Waals surface area contributed by atoms with Crippen LogP contribution in [0.3, 0.4) is 0 Å². The molecule has 0 saturated heterocycles. The van der Waals surface area contributed by atoms with Crippen LogP contribution in [0.2, 0.25) is 0 Å². The molecular formula is C41H41BN2+. The Balaban J connectivity index is 0.000000418. The summed E-state index contributed by atoms with van der Waals surface area (Å²) in [7, 11) is 2.24. The number of rotatable bonds is 6. The molecule has 2 aliphatic rings. The first-order valence-electron chi connectivity index (χ1n) is 15.3. The van der Waals surface area contributed by atoms with Gasteiger partial charge in [0.15, 0.2) is 11.4 Å². The van der Waals surface area contributed by atoms with Gasteiger partial charge in [0.1, 0.15) is 0 Å². The number of hydrogen-bond donors (Lipinski definition) is 0.